The van der Waals surface area contributed by atoms with Crippen LogP contribution in [0.3, 0.4) is 0 Å². The summed E-state index contributed by atoms with van der Waals surface area (Å²) >= 11 is 0. The van der Waals surface area contributed by atoms with Crippen molar-refractivity contribution < 1.29 is 24.2 Å². The van der Waals surface area contributed by atoms with E-state index in [1.165, 1.54) is 4.90 Å². The molecule has 2 saturated heterocycles. The van der Waals surface area contributed by atoms with Crippen molar-refractivity contribution in [3.8, 4) is 5.75 Å². The van der Waals surface area contributed by atoms with Gasteiger partial charge < -0.3 is 19.5 Å². The number of carbonyl (C=O) groups is 2. The zero-order valence-corrected chi connectivity index (χ0v) is 18.3. The highest BCUT2D eigenvalue weighted by molar-refractivity contribution is 6.46. The molecule has 1 atom stereocenters. The lowest BCUT2D eigenvalue weighted by Crippen LogP contribution is -2.42. The fraction of sp³-hybridized carbons (Fsp3) is 0.375. The molecule has 8 nitrogen and oxygen atoms in total. The first-order chi connectivity index (χ1) is 15.5. The molecular formula is C24H27N3O5. The van der Waals surface area contributed by atoms with E-state index in [2.05, 4.69) is 9.88 Å². The van der Waals surface area contributed by atoms with Gasteiger partial charge in [0.05, 0.1) is 31.6 Å². The first-order valence-electron chi connectivity index (χ1n) is 10.7. The zero-order chi connectivity index (χ0) is 22.7. The second-order valence-electron chi connectivity index (χ2n) is 7.88. The summed E-state index contributed by atoms with van der Waals surface area (Å²) in [7, 11) is 1.56. The first kappa shape index (κ1) is 22.0. The van der Waals surface area contributed by atoms with Crippen LogP contribution < -0.4 is 4.74 Å². The summed E-state index contributed by atoms with van der Waals surface area (Å²) < 4.78 is 10.6. The topological polar surface area (TPSA) is 92.2 Å². The number of aliphatic hydroxyl groups excluding tert-OH is 1. The summed E-state index contributed by atoms with van der Waals surface area (Å²) in [5.41, 5.74) is 1.82. The van der Waals surface area contributed by atoms with Gasteiger partial charge in [0, 0.05) is 37.9 Å². The van der Waals surface area contributed by atoms with Crippen LogP contribution in [0.5, 0.6) is 5.75 Å². The average Bonchev–Trinajstić information content (AvgIpc) is 3.08. The first-order valence-corrected chi connectivity index (χ1v) is 10.7. The Balaban J connectivity index is 1.73. The predicted molar refractivity (Wildman–Crippen MR) is 118 cm³/mol. The molecule has 3 heterocycles. The van der Waals surface area contributed by atoms with Crippen LogP contribution in [0.2, 0.25) is 0 Å². The highest BCUT2D eigenvalue weighted by Crippen LogP contribution is 2.39. The van der Waals surface area contributed by atoms with E-state index in [1.54, 1.807) is 43.6 Å². The number of methoxy groups -OCH3 is 1. The Morgan fingerprint density at radius 1 is 1.19 bits per heavy atom. The Hall–Kier alpha value is -3.23. The molecule has 0 spiro atoms. The molecule has 168 valence electrons. The van der Waals surface area contributed by atoms with E-state index in [4.69, 9.17) is 9.47 Å². The van der Waals surface area contributed by atoms with Crippen molar-refractivity contribution in [3.63, 3.8) is 0 Å². The summed E-state index contributed by atoms with van der Waals surface area (Å²) in [4.78, 5) is 34.3. The summed E-state index contributed by atoms with van der Waals surface area (Å²) in [5, 5.41) is 11.2. The van der Waals surface area contributed by atoms with Gasteiger partial charge in [-0.3, -0.25) is 19.5 Å². The van der Waals surface area contributed by atoms with Crippen molar-refractivity contribution in [1.82, 2.24) is 14.8 Å². The zero-order valence-electron chi connectivity index (χ0n) is 18.3. The van der Waals surface area contributed by atoms with E-state index in [9.17, 15) is 14.7 Å². The molecule has 0 aliphatic carbocycles. The third-order valence-corrected chi connectivity index (χ3v) is 5.96. The van der Waals surface area contributed by atoms with Gasteiger partial charge >= 0.3 is 0 Å². The lowest BCUT2D eigenvalue weighted by Gasteiger charge is -2.30. The minimum absolute atomic E-state index is 0.0592. The summed E-state index contributed by atoms with van der Waals surface area (Å²) in [6, 6.07) is 9.79. The number of amides is 1. The van der Waals surface area contributed by atoms with Crippen LogP contribution in [0.15, 0.2) is 48.2 Å². The second kappa shape index (κ2) is 9.50. The van der Waals surface area contributed by atoms with Gasteiger partial charge in [0.2, 0.25) is 0 Å². The van der Waals surface area contributed by atoms with Crippen LogP contribution >= 0.6 is 0 Å². The molecule has 2 aliphatic heterocycles. The number of ketones is 1. The van der Waals surface area contributed by atoms with Gasteiger partial charge in [-0.1, -0.05) is 6.07 Å². The van der Waals surface area contributed by atoms with Crippen molar-refractivity contribution in [2.24, 2.45) is 0 Å². The summed E-state index contributed by atoms with van der Waals surface area (Å²) in [5.74, 6) is -0.878. The van der Waals surface area contributed by atoms with Crippen LogP contribution in [0, 0.1) is 6.92 Å². The molecule has 0 radical (unpaired) electrons. The van der Waals surface area contributed by atoms with Crippen molar-refractivity contribution in [1.29, 1.82) is 0 Å². The summed E-state index contributed by atoms with van der Waals surface area (Å²) in [6.07, 6.45) is 1.62. The number of aryl methyl sites for hydroxylation is 1. The quantitative estimate of drug-likeness (QED) is 0.421. The second-order valence-corrected chi connectivity index (χ2v) is 7.88. The molecule has 2 aromatic rings. The number of aromatic nitrogens is 1. The normalized spacial score (nSPS) is 21.2. The lowest BCUT2D eigenvalue weighted by molar-refractivity contribution is -0.140. The van der Waals surface area contributed by atoms with Crippen molar-refractivity contribution >= 4 is 17.4 Å². The van der Waals surface area contributed by atoms with Crippen LogP contribution in [0.4, 0.5) is 0 Å². The maximum absolute atomic E-state index is 13.1. The maximum Gasteiger partial charge on any atom is 0.295 e. The van der Waals surface area contributed by atoms with Gasteiger partial charge in [0.1, 0.15) is 17.6 Å². The molecule has 4 rings (SSSR count). The molecule has 8 heteroatoms. The smallest absolute Gasteiger partial charge is 0.295 e. The van der Waals surface area contributed by atoms with E-state index in [0.717, 1.165) is 18.7 Å². The predicted octanol–water partition coefficient (Wildman–Crippen LogP) is 2.15. The highest BCUT2D eigenvalue weighted by atomic mass is 16.5. The van der Waals surface area contributed by atoms with E-state index < -0.39 is 17.7 Å². The molecule has 0 saturated carbocycles. The van der Waals surface area contributed by atoms with Crippen molar-refractivity contribution in [2.75, 3.05) is 46.5 Å². The van der Waals surface area contributed by atoms with E-state index >= 15 is 0 Å². The minimum atomic E-state index is -0.751. The Morgan fingerprint density at radius 2 is 1.97 bits per heavy atom. The number of benzene rings is 1. The van der Waals surface area contributed by atoms with E-state index in [-0.39, 0.29) is 11.3 Å². The van der Waals surface area contributed by atoms with Gasteiger partial charge in [-0.2, -0.15) is 0 Å². The molecular weight excluding hydrogens is 410 g/mol. The number of hydrogen-bond acceptors (Lipinski definition) is 7. The Morgan fingerprint density at radius 3 is 2.62 bits per heavy atom. The minimum Gasteiger partial charge on any atom is -0.507 e. The van der Waals surface area contributed by atoms with Gasteiger partial charge in [0.15, 0.2) is 0 Å². The number of ether oxygens (including phenoxy) is 2. The fourth-order valence-corrected chi connectivity index (χ4v) is 4.20. The Kier molecular flexibility index (Phi) is 6.53. The molecule has 2 fully saturated rings. The Bertz CT molecular complexity index is 1030. The largest absolute Gasteiger partial charge is 0.507 e. The molecule has 1 aromatic carbocycles. The number of likely N-dealkylation sites (tertiary alicyclic amines) is 1. The van der Waals surface area contributed by atoms with Crippen LogP contribution in [0.1, 0.15) is 22.9 Å². The lowest BCUT2D eigenvalue weighted by atomic mass is 9.96. The molecule has 2 aliphatic rings. The number of rotatable bonds is 6. The van der Waals surface area contributed by atoms with E-state index in [1.807, 2.05) is 13.0 Å². The maximum atomic E-state index is 13.1. The van der Waals surface area contributed by atoms with Gasteiger partial charge in [-0.15, -0.1) is 0 Å². The van der Waals surface area contributed by atoms with Crippen molar-refractivity contribution in [3.05, 3.63) is 65.0 Å². The molecule has 1 amide bonds. The average molecular weight is 437 g/mol. The molecule has 1 N–H and O–H groups in total. The highest BCUT2D eigenvalue weighted by Gasteiger charge is 2.46. The van der Waals surface area contributed by atoms with Crippen molar-refractivity contribution in [2.45, 2.75) is 13.0 Å². The third-order valence-electron chi connectivity index (χ3n) is 5.96. The monoisotopic (exact) mass is 437 g/mol. The number of nitrogens with zero attached hydrogens (tertiary/aromatic N) is 3. The van der Waals surface area contributed by atoms with Gasteiger partial charge in [0.25, 0.3) is 11.7 Å². The SMILES string of the molecule is COc1ccc(/C(O)=C2/C(=O)C(=O)N(CCN3CCOCC3)C2c2ccccn2)c(C)c1. The molecule has 32 heavy (non-hydrogen) atoms. The molecule has 1 unspecified atom stereocenters. The molecule has 1 aromatic heterocycles. The molecule has 0 bridgehead atoms. The number of morpholine rings is 1. The number of carbonyl (C=O) groups excluding carboxylic acids is 2. The fourth-order valence-electron chi connectivity index (χ4n) is 4.20. The third kappa shape index (κ3) is 4.24. The number of pyridine rings is 1. The number of Topliss-reactive ketones (excluding diaryl/α,β-unsaturated/α-hetero) is 1. The van der Waals surface area contributed by atoms with Gasteiger partial charge in [-0.05, 0) is 42.8 Å². The Labute approximate surface area is 187 Å². The summed E-state index contributed by atoms with van der Waals surface area (Å²) in [6.45, 7) is 5.65. The van der Waals surface area contributed by atoms with Crippen LogP contribution in [0.25, 0.3) is 5.76 Å². The van der Waals surface area contributed by atoms with Crippen LogP contribution in [-0.2, 0) is 14.3 Å². The van der Waals surface area contributed by atoms with Gasteiger partial charge in [-0.25, -0.2) is 0 Å². The number of hydrogen-bond donors (Lipinski definition) is 1. The van der Waals surface area contributed by atoms with E-state index in [0.29, 0.717) is 43.3 Å². The van der Waals surface area contributed by atoms with Crippen LogP contribution in [-0.4, -0.2) is 78.1 Å². The number of aliphatic hydroxyl groups is 1. The standard InChI is InChI=1S/C24H27N3O5/c1-16-15-17(31-2)6-7-18(16)22(28)20-21(19-5-3-4-8-25-19)27(24(30)23(20)29)10-9-26-11-13-32-14-12-26/h3-8,15,21,28H,9-14H2,1-2H3/b22-20-.